The molecule has 0 aromatic rings. The molecule has 1 N–H and O–H groups in total. The summed E-state index contributed by atoms with van der Waals surface area (Å²) in [7, 11) is 0. The highest BCUT2D eigenvalue weighted by atomic mass is 16.3. The van der Waals surface area contributed by atoms with E-state index in [2.05, 4.69) is 0 Å². The molecule has 3 nitrogen and oxygen atoms in total. The predicted molar refractivity (Wildman–Crippen MR) is 55.8 cm³/mol. The number of hydrogen-bond donors (Lipinski definition) is 1. The summed E-state index contributed by atoms with van der Waals surface area (Å²) >= 11 is 0. The zero-order valence-electron chi connectivity index (χ0n) is 9.79. The molecule has 1 amide bonds. The van der Waals surface area contributed by atoms with E-state index in [1.54, 1.807) is 4.90 Å². The second-order valence-corrected chi connectivity index (χ2v) is 5.67. The summed E-state index contributed by atoms with van der Waals surface area (Å²) in [6.45, 7) is 10.7. The lowest BCUT2D eigenvalue weighted by molar-refractivity contribution is -0.171. The zero-order valence-corrected chi connectivity index (χ0v) is 9.79. The van der Waals surface area contributed by atoms with Crippen LogP contribution in [0.15, 0.2) is 0 Å². The molecule has 1 saturated heterocycles. The van der Waals surface area contributed by atoms with Crippen molar-refractivity contribution in [2.75, 3.05) is 13.1 Å². The third kappa shape index (κ3) is 1.92. The molecule has 0 aromatic carbocycles. The number of carbonyl (C=O) groups is 1. The summed E-state index contributed by atoms with van der Waals surface area (Å²) in [6, 6.07) is 0. The van der Waals surface area contributed by atoms with Crippen molar-refractivity contribution in [2.45, 2.75) is 40.2 Å². The normalized spacial score (nSPS) is 20.9. The Morgan fingerprint density at radius 2 is 1.79 bits per heavy atom. The Morgan fingerprint density at radius 3 is 2.07 bits per heavy atom. The number of aliphatic hydroxyl groups is 1. The molecule has 0 aliphatic carbocycles. The van der Waals surface area contributed by atoms with E-state index < -0.39 is 5.60 Å². The number of carbonyl (C=O) groups excluding carboxylic acids is 1. The molecule has 1 aliphatic rings. The van der Waals surface area contributed by atoms with Gasteiger partial charge in [0.15, 0.2) is 0 Å². The Kier molecular flexibility index (Phi) is 2.65. The van der Waals surface area contributed by atoms with Crippen LogP contribution in [0, 0.1) is 11.3 Å². The number of rotatable bonds is 1. The van der Waals surface area contributed by atoms with E-state index in [9.17, 15) is 9.90 Å². The number of hydrogen-bond acceptors (Lipinski definition) is 2. The van der Waals surface area contributed by atoms with E-state index in [0.29, 0.717) is 13.1 Å². The maximum absolute atomic E-state index is 11.8. The summed E-state index contributed by atoms with van der Waals surface area (Å²) in [4.78, 5) is 13.5. The molecule has 0 spiro atoms. The topological polar surface area (TPSA) is 40.5 Å². The molecule has 1 heterocycles. The van der Waals surface area contributed by atoms with E-state index in [-0.39, 0.29) is 17.2 Å². The number of β-amino-alcohol motifs (C(OH)–C–C–N with tert-alkyl or cyclic N) is 1. The van der Waals surface area contributed by atoms with Crippen LogP contribution in [0.2, 0.25) is 0 Å². The first kappa shape index (κ1) is 11.5. The van der Waals surface area contributed by atoms with Gasteiger partial charge >= 0.3 is 0 Å². The standard InChI is InChI=1S/C11H21NO2/c1-8(2)11(14)6-12(7-11)9(13)10(3,4)5/h8,14H,6-7H2,1-5H3. The molecule has 1 rings (SSSR count). The van der Waals surface area contributed by atoms with Gasteiger partial charge < -0.3 is 10.0 Å². The predicted octanol–water partition coefficient (Wildman–Crippen LogP) is 1.26. The molecule has 3 heteroatoms. The molecular weight excluding hydrogens is 178 g/mol. The van der Waals surface area contributed by atoms with Crippen LogP contribution in [0.1, 0.15) is 34.6 Å². The quantitative estimate of drug-likeness (QED) is 0.690. The number of likely N-dealkylation sites (tertiary alicyclic amines) is 1. The first-order valence-electron chi connectivity index (χ1n) is 5.18. The third-order valence-corrected chi connectivity index (χ3v) is 2.93. The van der Waals surface area contributed by atoms with Crippen LogP contribution < -0.4 is 0 Å². The van der Waals surface area contributed by atoms with Gasteiger partial charge in [-0.1, -0.05) is 34.6 Å². The molecule has 14 heavy (non-hydrogen) atoms. The first-order valence-corrected chi connectivity index (χ1v) is 5.18. The second kappa shape index (κ2) is 3.23. The molecular formula is C11H21NO2. The molecule has 0 aromatic heterocycles. The number of amides is 1. The van der Waals surface area contributed by atoms with Crippen LogP contribution in [-0.2, 0) is 4.79 Å². The molecule has 1 aliphatic heterocycles. The summed E-state index contributed by atoms with van der Waals surface area (Å²) in [6.07, 6.45) is 0. The van der Waals surface area contributed by atoms with Crippen molar-refractivity contribution >= 4 is 5.91 Å². The minimum Gasteiger partial charge on any atom is -0.386 e. The minimum absolute atomic E-state index is 0.128. The maximum Gasteiger partial charge on any atom is 0.228 e. The molecule has 0 unspecified atom stereocenters. The first-order chi connectivity index (χ1) is 6.17. The summed E-state index contributed by atoms with van der Waals surface area (Å²) in [5.41, 5.74) is -0.987. The molecule has 0 bridgehead atoms. The van der Waals surface area contributed by atoms with Gasteiger partial charge in [0.1, 0.15) is 5.60 Å². The van der Waals surface area contributed by atoms with Crippen LogP contribution in [0.5, 0.6) is 0 Å². The molecule has 82 valence electrons. The second-order valence-electron chi connectivity index (χ2n) is 5.67. The van der Waals surface area contributed by atoms with E-state index in [4.69, 9.17) is 0 Å². The molecule has 0 radical (unpaired) electrons. The van der Waals surface area contributed by atoms with Crippen LogP contribution >= 0.6 is 0 Å². The Balaban J connectivity index is 2.54. The summed E-state index contributed by atoms with van der Waals surface area (Å²) < 4.78 is 0. The van der Waals surface area contributed by atoms with Gasteiger partial charge in [-0.3, -0.25) is 4.79 Å². The van der Waals surface area contributed by atoms with Gasteiger partial charge in [0.25, 0.3) is 0 Å². The van der Waals surface area contributed by atoms with Gasteiger partial charge in [-0.05, 0) is 5.92 Å². The average molecular weight is 199 g/mol. The van der Waals surface area contributed by atoms with Gasteiger partial charge in [0.2, 0.25) is 5.91 Å². The fraction of sp³-hybridized carbons (Fsp3) is 0.909. The maximum atomic E-state index is 11.8. The van der Waals surface area contributed by atoms with Crippen LogP contribution in [0.3, 0.4) is 0 Å². The van der Waals surface area contributed by atoms with Crippen LogP contribution in [-0.4, -0.2) is 34.6 Å². The lowest BCUT2D eigenvalue weighted by Gasteiger charge is -2.50. The summed E-state index contributed by atoms with van der Waals surface area (Å²) in [5, 5.41) is 9.98. The van der Waals surface area contributed by atoms with Crippen molar-refractivity contribution in [1.82, 2.24) is 4.90 Å². The van der Waals surface area contributed by atoms with Crippen molar-refractivity contribution in [1.29, 1.82) is 0 Å². The van der Waals surface area contributed by atoms with Gasteiger partial charge in [0, 0.05) is 5.41 Å². The average Bonchev–Trinajstić information content (AvgIpc) is 1.95. The molecule has 0 saturated carbocycles. The molecule has 0 atom stereocenters. The van der Waals surface area contributed by atoms with E-state index in [0.717, 1.165) is 0 Å². The lowest BCUT2D eigenvalue weighted by atomic mass is 9.81. The van der Waals surface area contributed by atoms with Crippen LogP contribution in [0.4, 0.5) is 0 Å². The Hall–Kier alpha value is -0.570. The van der Waals surface area contributed by atoms with Crippen molar-refractivity contribution in [3.05, 3.63) is 0 Å². The van der Waals surface area contributed by atoms with Gasteiger partial charge in [-0.25, -0.2) is 0 Å². The highest BCUT2D eigenvalue weighted by molar-refractivity contribution is 5.82. The van der Waals surface area contributed by atoms with Gasteiger partial charge in [0.05, 0.1) is 13.1 Å². The highest BCUT2D eigenvalue weighted by Crippen LogP contribution is 2.31. The van der Waals surface area contributed by atoms with Crippen molar-refractivity contribution < 1.29 is 9.90 Å². The summed E-state index contributed by atoms with van der Waals surface area (Å²) in [5.74, 6) is 0.342. The van der Waals surface area contributed by atoms with E-state index in [1.807, 2.05) is 34.6 Å². The van der Waals surface area contributed by atoms with Crippen molar-refractivity contribution in [3.63, 3.8) is 0 Å². The fourth-order valence-corrected chi connectivity index (χ4v) is 1.60. The van der Waals surface area contributed by atoms with E-state index in [1.165, 1.54) is 0 Å². The van der Waals surface area contributed by atoms with E-state index >= 15 is 0 Å². The Labute approximate surface area is 86.1 Å². The SMILES string of the molecule is CC(C)C1(O)CN(C(=O)C(C)(C)C)C1. The Morgan fingerprint density at radius 1 is 1.36 bits per heavy atom. The number of nitrogens with zero attached hydrogens (tertiary/aromatic N) is 1. The zero-order chi connectivity index (χ0) is 11.1. The third-order valence-electron chi connectivity index (χ3n) is 2.93. The minimum atomic E-state index is -0.652. The molecule has 1 fully saturated rings. The monoisotopic (exact) mass is 199 g/mol. The Bertz CT molecular complexity index is 234. The van der Waals surface area contributed by atoms with Crippen molar-refractivity contribution in [2.24, 2.45) is 11.3 Å². The van der Waals surface area contributed by atoms with Crippen LogP contribution in [0.25, 0.3) is 0 Å². The largest absolute Gasteiger partial charge is 0.386 e. The van der Waals surface area contributed by atoms with Gasteiger partial charge in [-0.15, -0.1) is 0 Å². The van der Waals surface area contributed by atoms with Gasteiger partial charge in [-0.2, -0.15) is 0 Å². The smallest absolute Gasteiger partial charge is 0.228 e. The highest BCUT2D eigenvalue weighted by Gasteiger charge is 2.47. The lowest BCUT2D eigenvalue weighted by Crippen LogP contribution is -2.67. The fourth-order valence-electron chi connectivity index (χ4n) is 1.60. The van der Waals surface area contributed by atoms with Crippen molar-refractivity contribution in [3.8, 4) is 0 Å².